The molecule has 1 amide bonds. The van der Waals surface area contributed by atoms with E-state index < -0.39 is 21.6 Å². The first kappa shape index (κ1) is 27.5. The van der Waals surface area contributed by atoms with E-state index in [0.29, 0.717) is 50.4 Å². The summed E-state index contributed by atoms with van der Waals surface area (Å²) >= 11 is 0. The third-order valence-corrected chi connectivity index (χ3v) is 10.0. The highest BCUT2D eigenvalue weighted by atomic mass is 32.2. The van der Waals surface area contributed by atoms with E-state index in [1.165, 1.54) is 33.9 Å². The molecule has 12 nitrogen and oxygen atoms in total. The molecule has 14 heteroatoms. The number of fused-ring (bicyclic) bond motifs is 10. The Balaban J connectivity index is 1.67. The van der Waals surface area contributed by atoms with Crippen LogP contribution in [0.1, 0.15) is 55.2 Å². The first-order valence-corrected chi connectivity index (χ1v) is 15.3. The van der Waals surface area contributed by atoms with Crippen molar-refractivity contribution in [3.8, 4) is 11.5 Å². The fourth-order valence-corrected chi connectivity index (χ4v) is 7.67. The lowest BCUT2D eigenvalue weighted by Crippen LogP contribution is -2.42. The topological polar surface area (TPSA) is 119 Å². The number of halogens is 1. The number of amides is 1. The predicted octanol–water partition coefficient (Wildman–Crippen LogP) is 2.36. The molecule has 0 aliphatic carbocycles. The number of carbonyl (C=O) groups is 1. The first-order chi connectivity index (χ1) is 19.7. The monoisotopic (exact) mass is 588 g/mol. The van der Waals surface area contributed by atoms with Gasteiger partial charge in [0.1, 0.15) is 22.5 Å². The van der Waals surface area contributed by atoms with Gasteiger partial charge in [-0.05, 0) is 39.2 Å². The highest BCUT2D eigenvalue weighted by molar-refractivity contribution is 7.90. The van der Waals surface area contributed by atoms with Crippen molar-refractivity contribution >= 4 is 32.8 Å². The maximum atomic E-state index is 14.2. The van der Waals surface area contributed by atoms with Crippen LogP contribution in [0, 0.1) is 5.82 Å². The molecule has 1 fully saturated rings. The minimum absolute atomic E-state index is 0.0516. The second kappa shape index (κ2) is 10.3. The molecule has 3 aromatic rings. The maximum Gasteiger partial charge on any atom is 0.305 e. The van der Waals surface area contributed by atoms with Crippen molar-refractivity contribution in [2.45, 2.75) is 45.7 Å². The zero-order valence-corrected chi connectivity index (χ0v) is 24.1. The Hall–Kier alpha value is -3.65. The number of benzene rings is 1. The average Bonchev–Trinajstić information content (AvgIpc) is 3.45. The Labute approximate surface area is 237 Å². The Morgan fingerprint density at radius 2 is 1.95 bits per heavy atom. The number of methoxy groups -OCH3 is 1. The van der Waals surface area contributed by atoms with Crippen LogP contribution in [0.25, 0.3) is 10.9 Å². The van der Waals surface area contributed by atoms with E-state index in [9.17, 15) is 22.4 Å². The third kappa shape index (κ3) is 4.35. The van der Waals surface area contributed by atoms with Crippen LogP contribution in [0.4, 0.5) is 10.2 Å². The van der Waals surface area contributed by atoms with Crippen molar-refractivity contribution in [1.29, 1.82) is 0 Å². The van der Waals surface area contributed by atoms with Gasteiger partial charge in [-0.1, -0.05) is 6.07 Å². The summed E-state index contributed by atoms with van der Waals surface area (Å²) in [5, 5.41) is 4.71. The van der Waals surface area contributed by atoms with Crippen LogP contribution in [0.2, 0.25) is 0 Å². The number of hydrogen-bond acceptors (Lipinski definition) is 7. The Morgan fingerprint density at radius 3 is 2.71 bits per heavy atom. The van der Waals surface area contributed by atoms with Crippen molar-refractivity contribution in [2.24, 2.45) is 0 Å². The largest absolute Gasteiger partial charge is 0.493 e. The molecular formula is C27H33FN6O6S. The molecule has 3 aliphatic rings. The average molecular weight is 589 g/mol. The number of ether oxygens (including phenoxy) is 2. The van der Waals surface area contributed by atoms with Crippen molar-refractivity contribution in [2.75, 3.05) is 50.7 Å². The molecule has 1 unspecified atom stereocenters. The van der Waals surface area contributed by atoms with Gasteiger partial charge in [0.05, 0.1) is 26.8 Å². The Kier molecular flexibility index (Phi) is 6.92. The minimum Gasteiger partial charge on any atom is -0.493 e. The van der Waals surface area contributed by atoms with Crippen LogP contribution in [-0.2, 0) is 16.8 Å². The molecule has 0 radical (unpaired) electrons. The molecule has 220 valence electrons. The summed E-state index contributed by atoms with van der Waals surface area (Å²) in [4.78, 5) is 29.4. The van der Waals surface area contributed by atoms with Crippen molar-refractivity contribution in [1.82, 2.24) is 23.6 Å². The first-order valence-electron chi connectivity index (χ1n) is 13.9. The normalized spacial score (nSPS) is 22.5. The fourth-order valence-electron chi connectivity index (χ4n) is 6.06. The second-order valence-electron chi connectivity index (χ2n) is 10.6. The zero-order chi connectivity index (χ0) is 29.1. The second-order valence-corrected chi connectivity index (χ2v) is 12.4. The summed E-state index contributed by atoms with van der Waals surface area (Å²) in [7, 11) is -2.58. The Bertz CT molecular complexity index is 1700. The van der Waals surface area contributed by atoms with Gasteiger partial charge in [0, 0.05) is 43.9 Å². The lowest BCUT2D eigenvalue weighted by atomic mass is 10.2. The SMILES string of the molecule is CCN1C[C@H](C)n2c(c(OC)c3c(=O)n4nc(c32)N2CCN(CCCCCOc3cc(F)ccc3C4)S2(=O)=O)C1=O. The molecule has 6 rings (SSSR count). The van der Waals surface area contributed by atoms with E-state index in [4.69, 9.17) is 9.47 Å². The lowest BCUT2D eigenvalue weighted by molar-refractivity contribution is 0.0685. The molecule has 1 aromatic carbocycles. The Morgan fingerprint density at radius 1 is 1.15 bits per heavy atom. The highest BCUT2D eigenvalue weighted by Crippen LogP contribution is 2.42. The van der Waals surface area contributed by atoms with Crippen molar-refractivity contribution in [3.63, 3.8) is 0 Å². The van der Waals surface area contributed by atoms with E-state index in [1.807, 2.05) is 13.8 Å². The number of nitrogens with zero attached hydrogens (tertiary/aromatic N) is 6. The van der Waals surface area contributed by atoms with Gasteiger partial charge in [0.25, 0.3) is 11.5 Å². The van der Waals surface area contributed by atoms with Crippen molar-refractivity contribution in [3.05, 3.63) is 45.6 Å². The number of hydrogen-bond donors (Lipinski definition) is 0. The van der Waals surface area contributed by atoms with Crippen LogP contribution in [0.3, 0.4) is 0 Å². The van der Waals surface area contributed by atoms with E-state index in [2.05, 4.69) is 5.10 Å². The third-order valence-electron chi connectivity index (χ3n) is 8.09. The van der Waals surface area contributed by atoms with Crippen LogP contribution in [0.5, 0.6) is 11.5 Å². The number of carbonyl (C=O) groups excluding carboxylic acids is 1. The number of aromatic nitrogens is 3. The van der Waals surface area contributed by atoms with Gasteiger partial charge >= 0.3 is 10.2 Å². The maximum absolute atomic E-state index is 14.2. The van der Waals surface area contributed by atoms with Gasteiger partial charge in [-0.25, -0.2) is 13.4 Å². The highest BCUT2D eigenvalue weighted by Gasteiger charge is 2.43. The van der Waals surface area contributed by atoms with Gasteiger partial charge in [0.2, 0.25) is 0 Å². The summed E-state index contributed by atoms with van der Waals surface area (Å²) in [5.41, 5.74) is 0.393. The fraction of sp³-hybridized carbons (Fsp3) is 0.519. The molecule has 0 saturated carbocycles. The predicted molar refractivity (Wildman–Crippen MR) is 150 cm³/mol. The lowest BCUT2D eigenvalue weighted by Gasteiger charge is -2.33. The van der Waals surface area contributed by atoms with Crippen LogP contribution in [-0.4, -0.2) is 84.3 Å². The molecule has 2 aromatic heterocycles. The smallest absolute Gasteiger partial charge is 0.305 e. The number of anilines is 1. The van der Waals surface area contributed by atoms with Crippen molar-refractivity contribution < 1.29 is 27.1 Å². The van der Waals surface area contributed by atoms with E-state index >= 15 is 0 Å². The molecule has 41 heavy (non-hydrogen) atoms. The number of likely N-dealkylation sites (N-methyl/N-ethyl adjacent to an activating group) is 1. The molecular weight excluding hydrogens is 555 g/mol. The minimum atomic E-state index is -3.97. The van der Waals surface area contributed by atoms with Crippen LogP contribution >= 0.6 is 0 Å². The van der Waals surface area contributed by atoms with E-state index in [0.717, 1.165) is 11.1 Å². The van der Waals surface area contributed by atoms with Gasteiger partial charge in [0.15, 0.2) is 17.3 Å². The summed E-state index contributed by atoms with van der Waals surface area (Å²) < 4.78 is 59.0. The molecule has 0 spiro atoms. The molecule has 4 bridgehead atoms. The van der Waals surface area contributed by atoms with Gasteiger partial charge < -0.3 is 18.9 Å². The zero-order valence-electron chi connectivity index (χ0n) is 23.3. The van der Waals surface area contributed by atoms with Crippen LogP contribution in [0.15, 0.2) is 23.0 Å². The van der Waals surface area contributed by atoms with Gasteiger partial charge in [-0.15, -0.1) is 5.10 Å². The summed E-state index contributed by atoms with van der Waals surface area (Å²) in [6.45, 7) is 5.57. The molecule has 3 aliphatic heterocycles. The summed E-state index contributed by atoms with van der Waals surface area (Å²) in [6, 6.07) is 3.80. The molecule has 0 N–H and O–H groups in total. The molecule has 2 atom stereocenters. The van der Waals surface area contributed by atoms with E-state index in [-0.39, 0.29) is 59.7 Å². The summed E-state index contributed by atoms with van der Waals surface area (Å²) in [6.07, 6.45) is 2.01. The van der Waals surface area contributed by atoms with Gasteiger partial charge in [-0.2, -0.15) is 12.7 Å². The molecule has 1 saturated heterocycles. The standard InChI is InChI=1S/C27H33FN6O6S/c1-4-30-15-17(2)34-22-21(24(39-3)23(34)27(30)36)26(35)32-16-18-8-9-19(28)14-20(18)40-13-7-5-6-10-31-11-12-33(25(22)29-32)41(31,37)38/h8-9,14,17H,4-7,10-13,15-16H2,1-3H3/t17-/m0/s1. The number of rotatable bonds is 2. The molecule has 5 heterocycles. The van der Waals surface area contributed by atoms with Gasteiger partial charge in [-0.3, -0.25) is 9.59 Å². The van der Waals surface area contributed by atoms with Crippen LogP contribution < -0.4 is 19.3 Å². The van der Waals surface area contributed by atoms with E-state index in [1.54, 1.807) is 9.47 Å². The summed E-state index contributed by atoms with van der Waals surface area (Å²) in [5.74, 6) is -0.359. The quantitative estimate of drug-likeness (QED) is 0.451.